The molecule has 0 aliphatic rings. The third-order valence-electron chi connectivity index (χ3n) is 1.53. The Morgan fingerprint density at radius 2 is 1.58 bits per heavy atom. The number of alkyl halides is 3. The van der Waals surface area contributed by atoms with Crippen LogP contribution < -0.4 is 0 Å². The Morgan fingerprint density at radius 1 is 1.05 bits per heavy atom. The van der Waals surface area contributed by atoms with Gasteiger partial charge in [0.1, 0.15) is 0 Å². The number of halogens is 6. The Hall–Kier alpha value is 1.58. The number of hydrogen-bond acceptors (Lipinski definition) is 2. The van der Waals surface area contributed by atoms with Gasteiger partial charge >= 0.3 is 0 Å². The molecule has 0 fully saturated rings. The number of aryl methyl sites for hydroxylation is 2. The van der Waals surface area contributed by atoms with E-state index in [1.165, 1.54) is 14.0 Å². The van der Waals surface area contributed by atoms with E-state index < -0.39 is 4.30 Å². The second-order valence-corrected chi connectivity index (χ2v) is 10.2. The van der Waals surface area contributed by atoms with Crippen LogP contribution in [0.3, 0.4) is 0 Å². The molecule has 2 heterocycles. The van der Waals surface area contributed by atoms with E-state index in [1.54, 1.807) is 22.7 Å². The van der Waals surface area contributed by atoms with Gasteiger partial charge in [-0.05, 0) is 65.1 Å². The van der Waals surface area contributed by atoms with Crippen molar-refractivity contribution in [2.75, 3.05) is 0 Å². The summed E-state index contributed by atoms with van der Waals surface area (Å²) in [6.45, 7) is 4.09. The van der Waals surface area contributed by atoms with Gasteiger partial charge in [-0.1, -0.05) is 58.0 Å². The fourth-order valence-corrected chi connectivity index (χ4v) is 4.02. The predicted molar refractivity (Wildman–Crippen MR) is 102 cm³/mol. The smallest absolute Gasteiger partial charge is 0.132 e. The minimum absolute atomic E-state index is 0.750. The van der Waals surface area contributed by atoms with Gasteiger partial charge in [0.15, 0.2) is 4.30 Å². The SMILES string of the molecule is Cc1cc(Cl)sc1I.Cc1csc(Cl)c1.ClC(Cl)Cl. The summed E-state index contributed by atoms with van der Waals surface area (Å²) in [4.78, 5) is 0. The van der Waals surface area contributed by atoms with Crippen LogP contribution in [0.2, 0.25) is 8.67 Å². The van der Waals surface area contributed by atoms with E-state index in [4.69, 9.17) is 58.0 Å². The Bertz CT molecular complexity index is 442. The molecular weight excluding hydrogens is 500 g/mol. The Labute approximate surface area is 160 Å². The largest absolute Gasteiger partial charge is 0.180 e. The zero-order valence-corrected chi connectivity index (χ0v) is 17.5. The van der Waals surface area contributed by atoms with E-state index >= 15 is 0 Å². The van der Waals surface area contributed by atoms with Crippen LogP contribution in [0, 0.1) is 16.7 Å². The molecule has 8 heteroatoms. The summed E-state index contributed by atoms with van der Waals surface area (Å²) < 4.78 is 2.29. The maximum atomic E-state index is 5.68. The van der Waals surface area contributed by atoms with E-state index in [-0.39, 0.29) is 0 Å². The van der Waals surface area contributed by atoms with Crippen LogP contribution in [0.15, 0.2) is 17.5 Å². The van der Waals surface area contributed by atoms with Crippen molar-refractivity contribution in [2.24, 2.45) is 0 Å². The summed E-state index contributed by atoms with van der Waals surface area (Å²) in [7, 11) is 0. The molecule has 2 aromatic heterocycles. The molecule has 0 N–H and O–H groups in total. The van der Waals surface area contributed by atoms with Gasteiger partial charge < -0.3 is 0 Å². The highest BCUT2D eigenvalue weighted by Crippen LogP contribution is 2.26. The standard InChI is InChI=1S/C5H4ClIS.C5H5ClS.CHCl3/c1-3-2-4(6)8-5(3)7;1-4-2-5(6)7-3-4;2-1(3)4/h2H,1H3;2-3H,1H3;1H. The average Bonchev–Trinajstić information content (AvgIpc) is 2.73. The van der Waals surface area contributed by atoms with E-state index in [9.17, 15) is 0 Å². The maximum absolute atomic E-state index is 5.68. The topological polar surface area (TPSA) is 0 Å². The van der Waals surface area contributed by atoms with Crippen LogP contribution in [0.25, 0.3) is 0 Å². The lowest BCUT2D eigenvalue weighted by molar-refractivity contribution is 1.53. The normalized spacial score (nSPS) is 9.53. The van der Waals surface area contributed by atoms with E-state index in [0.29, 0.717) is 0 Å². The summed E-state index contributed by atoms with van der Waals surface area (Å²) in [6, 6.07) is 3.93. The summed E-state index contributed by atoms with van der Waals surface area (Å²) in [5.41, 5.74) is 2.52. The monoisotopic (exact) mass is 508 g/mol. The molecular formula is C11H10Cl5IS2. The lowest BCUT2D eigenvalue weighted by atomic mass is 10.4. The molecule has 0 nitrogen and oxygen atoms in total. The van der Waals surface area contributed by atoms with Crippen molar-refractivity contribution < 1.29 is 0 Å². The third-order valence-corrected chi connectivity index (χ3v) is 5.40. The molecule has 108 valence electrons. The Kier molecular flexibility index (Phi) is 12.1. The number of hydrogen-bond donors (Lipinski definition) is 0. The minimum Gasteiger partial charge on any atom is -0.132 e. The summed E-state index contributed by atoms with van der Waals surface area (Å²) in [6.07, 6.45) is 0. The molecule has 19 heavy (non-hydrogen) atoms. The molecule has 0 saturated heterocycles. The highest BCUT2D eigenvalue weighted by atomic mass is 127. The molecule has 0 aromatic carbocycles. The fraction of sp³-hybridized carbons (Fsp3) is 0.273. The third kappa shape index (κ3) is 11.9. The average molecular weight is 511 g/mol. The molecule has 0 bridgehead atoms. The van der Waals surface area contributed by atoms with Gasteiger partial charge in [-0.25, -0.2) is 0 Å². The van der Waals surface area contributed by atoms with Crippen molar-refractivity contribution in [3.8, 4) is 0 Å². The molecule has 0 saturated carbocycles. The van der Waals surface area contributed by atoms with Crippen molar-refractivity contribution in [3.63, 3.8) is 0 Å². The Balaban J connectivity index is 0.000000272. The van der Waals surface area contributed by atoms with Crippen molar-refractivity contribution in [1.29, 1.82) is 0 Å². The first-order valence-corrected chi connectivity index (χ1v) is 9.60. The molecule has 0 radical (unpaired) electrons. The van der Waals surface area contributed by atoms with Crippen LogP contribution >= 0.6 is 103 Å². The van der Waals surface area contributed by atoms with Gasteiger partial charge in [0.05, 0.1) is 11.6 Å². The highest BCUT2D eigenvalue weighted by Gasteiger charge is 1.97. The summed E-state index contributed by atoms with van der Waals surface area (Å²) >= 11 is 31.1. The lowest BCUT2D eigenvalue weighted by Gasteiger charge is -1.77. The molecule has 2 rings (SSSR count). The lowest BCUT2D eigenvalue weighted by Crippen LogP contribution is -1.60. The number of thiophene rings is 2. The molecule has 0 aliphatic heterocycles. The van der Waals surface area contributed by atoms with Crippen molar-refractivity contribution in [2.45, 2.75) is 18.1 Å². The second kappa shape index (κ2) is 11.2. The van der Waals surface area contributed by atoms with Gasteiger partial charge in [0, 0.05) is 0 Å². The van der Waals surface area contributed by atoms with Crippen LogP contribution in [0.4, 0.5) is 0 Å². The van der Waals surface area contributed by atoms with E-state index in [1.807, 2.05) is 24.4 Å². The quantitative estimate of drug-likeness (QED) is 0.249. The first-order chi connectivity index (χ1) is 8.72. The molecule has 0 atom stereocenters. The molecule has 0 aliphatic carbocycles. The van der Waals surface area contributed by atoms with Crippen LogP contribution in [-0.4, -0.2) is 4.30 Å². The van der Waals surface area contributed by atoms with Crippen molar-refractivity contribution in [3.05, 3.63) is 40.2 Å². The van der Waals surface area contributed by atoms with Crippen molar-refractivity contribution >= 4 is 103 Å². The van der Waals surface area contributed by atoms with Gasteiger partial charge in [-0.3, -0.25) is 0 Å². The molecule has 0 spiro atoms. The minimum atomic E-state index is -0.750. The first kappa shape index (κ1) is 20.6. The van der Waals surface area contributed by atoms with E-state index in [0.717, 1.165) is 8.67 Å². The highest BCUT2D eigenvalue weighted by molar-refractivity contribution is 14.1. The van der Waals surface area contributed by atoms with Gasteiger partial charge in [-0.15, -0.1) is 22.7 Å². The summed E-state index contributed by atoms with van der Waals surface area (Å²) in [5, 5.41) is 2.03. The van der Waals surface area contributed by atoms with Crippen LogP contribution in [0.5, 0.6) is 0 Å². The molecule has 0 unspecified atom stereocenters. The zero-order valence-electron chi connectivity index (χ0n) is 9.89. The van der Waals surface area contributed by atoms with Crippen LogP contribution in [0.1, 0.15) is 11.1 Å². The second-order valence-electron chi connectivity index (χ2n) is 3.18. The first-order valence-electron chi connectivity index (χ1n) is 4.76. The summed E-state index contributed by atoms with van der Waals surface area (Å²) in [5.74, 6) is 0. The fourth-order valence-electron chi connectivity index (χ4n) is 0.819. The predicted octanol–water partition coefficient (Wildman–Crippen LogP) is 8.01. The van der Waals surface area contributed by atoms with Crippen molar-refractivity contribution in [1.82, 2.24) is 0 Å². The number of rotatable bonds is 0. The van der Waals surface area contributed by atoms with E-state index in [2.05, 4.69) is 29.5 Å². The van der Waals surface area contributed by atoms with Gasteiger partial charge in [-0.2, -0.15) is 0 Å². The van der Waals surface area contributed by atoms with Gasteiger partial charge in [0.2, 0.25) is 0 Å². The molecule has 2 aromatic rings. The molecule has 0 amide bonds. The van der Waals surface area contributed by atoms with Crippen LogP contribution in [-0.2, 0) is 0 Å². The Morgan fingerprint density at radius 3 is 1.68 bits per heavy atom. The van der Waals surface area contributed by atoms with Gasteiger partial charge in [0.25, 0.3) is 0 Å². The maximum Gasteiger partial charge on any atom is 0.180 e. The zero-order chi connectivity index (χ0) is 15.0.